The van der Waals surface area contributed by atoms with Crippen LogP contribution < -0.4 is 5.32 Å². The summed E-state index contributed by atoms with van der Waals surface area (Å²) in [4.78, 5) is 22.4. The van der Waals surface area contributed by atoms with Gasteiger partial charge in [0, 0.05) is 24.1 Å². The average molecular weight is 342 g/mol. The van der Waals surface area contributed by atoms with Gasteiger partial charge in [0.05, 0.1) is 16.6 Å². The normalized spacial score (nSPS) is 10.8. The van der Waals surface area contributed by atoms with Gasteiger partial charge in [0.25, 0.3) is 5.69 Å². The standard InChI is InChI=1S/C17H15FN4O3/c18-14-4-1-12(2-5-14)7-8-19-17(23)11-21-16-9-15(22(24)25)6-3-13(16)10-20-21/h1-6,9-10H,7-8,11H2,(H,19,23). The van der Waals surface area contributed by atoms with Gasteiger partial charge in [0.2, 0.25) is 5.91 Å². The lowest BCUT2D eigenvalue weighted by Gasteiger charge is -2.06. The van der Waals surface area contributed by atoms with E-state index in [1.54, 1.807) is 24.4 Å². The molecule has 0 aliphatic heterocycles. The summed E-state index contributed by atoms with van der Waals surface area (Å²) in [6.45, 7) is 0.373. The Morgan fingerprint density at radius 3 is 2.72 bits per heavy atom. The first-order valence-electron chi connectivity index (χ1n) is 7.64. The van der Waals surface area contributed by atoms with Crippen molar-refractivity contribution >= 4 is 22.5 Å². The van der Waals surface area contributed by atoms with Crippen molar-refractivity contribution in [2.24, 2.45) is 0 Å². The molecule has 1 aromatic heterocycles. The Labute approximate surface area is 142 Å². The van der Waals surface area contributed by atoms with Crippen LogP contribution in [0.15, 0.2) is 48.7 Å². The lowest BCUT2D eigenvalue weighted by atomic mass is 10.1. The van der Waals surface area contributed by atoms with Gasteiger partial charge in [-0.1, -0.05) is 12.1 Å². The van der Waals surface area contributed by atoms with E-state index in [9.17, 15) is 19.3 Å². The van der Waals surface area contributed by atoms with Gasteiger partial charge in [0.1, 0.15) is 12.4 Å². The molecule has 7 nitrogen and oxygen atoms in total. The molecule has 1 amide bonds. The van der Waals surface area contributed by atoms with E-state index in [4.69, 9.17) is 0 Å². The number of benzene rings is 2. The molecule has 0 aliphatic carbocycles. The molecule has 0 radical (unpaired) electrons. The largest absolute Gasteiger partial charge is 0.354 e. The predicted molar refractivity (Wildman–Crippen MR) is 89.5 cm³/mol. The fourth-order valence-electron chi connectivity index (χ4n) is 2.49. The van der Waals surface area contributed by atoms with Crippen LogP contribution in [0.1, 0.15) is 5.56 Å². The molecule has 3 rings (SSSR count). The van der Waals surface area contributed by atoms with Gasteiger partial charge in [-0.15, -0.1) is 0 Å². The highest BCUT2D eigenvalue weighted by Gasteiger charge is 2.12. The Morgan fingerprint density at radius 2 is 2.00 bits per heavy atom. The molecule has 8 heteroatoms. The number of carbonyl (C=O) groups is 1. The van der Waals surface area contributed by atoms with Gasteiger partial charge in [-0.2, -0.15) is 5.10 Å². The molecule has 0 unspecified atom stereocenters. The van der Waals surface area contributed by atoms with Crippen LogP contribution >= 0.6 is 0 Å². The Hall–Kier alpha value is -3.29. The summed E-state index contributed by atoms with van der Waals surface area (Å²) >= 11 is 0. The first-order chi connectivity index (χ1) is 12.0. The van der Waals surface area contributed by atoms with Crippen molar-refractivity contribution < 1.29 is 14.1 Å². The highest BCUT2D eigenvalue weighted by Crippen LogP contribution is 2.20. The smallest absolute Gasteiger partial charge is 0.271 e. The van der Waals surface area contributed by atoms with Crippen LogP contribution in [0, 0.1) is 15.9 Å². The van der Waals surface area contributed by atoms with E-state index in [2.05, 4.69) is 10.4 Å². The van der Waals surface area contributed by atoms with E-state index >= 15 is 0 Å². The van der Waals surface area contributed by atoms with E-state index < -0.39 is 4.92 Å². The highest BCUT2D eigenvalue weighted by molar-refractivity contribution is 5.83. The molecule has 0 bridgehead atoms. The number of fused-ring (bicyclic) bond motifs is 1. The zero-order valence-electron chi connectivity index (χ0n) is 13.2. The molecule has 3 aromatic rings. The molecular weight excluding hydrogens is 327 g/mol. The molecule has 1 N–H and O–H groups in total. The number of hydrogen-bond donors (Lipinski definition) is 1. The minimum Gasteiger partial charge on any atom is -0.354 e. The van der Waals surface area contributed by atoms with Crippen LogP contribution in [0.25, 0.3) is 10.9 Å². The maximum Gasteiger partial charge on any atom is 0.271 e. The molecule has 128 valence electrons. The Bertz CT molecular complexity index is 921. The van der Waals surface area contributed by atoms with Crippen LogP contribution in [0.4, 0.5) is 10.1 Å². The molecule has 0 saturated carbocycles. The van der Waals surface area contributed by atoms with Crippen molar-refractivity contribution in [2.45, 2.75) is 13.0 Å². The summed E-state index contributed by atoms with van der Waals surface area (Å²) in [6, 6.07) is 10.5. The molecule has 0 fully saturated rings. The van der Waals surface area contributed by atoms with E-state index in [1.165, 1.54) is 28.9 Å². The second-order valence-corrected chi connectivity index (χ2v) is 5.53. The molecule has 0 saturated heterocycles. The van der Waals surface area contributed by atoms with E-state index in [0.717, 1.165) is 10.9 Å². The number of rotatable bonds is 6. The monoisotopic (exact) mass is 342 g/mol. The fraction of sp³-hybridized carbons (Fsp3) is 0.176. The Balaban J connectivity index is 1.60. The maximum atomic E-state index is 12.8. The van der Waals surface area contributed by atoms with Gasteiger partial charge in [0.15, 0.2) is 0 Å². The zero-order valence-corrected chi connectivity index (χ0v) is 13.2. The number of nitro groups is 1. The summed E-state index contributed by atoms with van der Waals surface area (Å²) in [7, 11) is 0. The number of aromatic nitrogens is 2. The van der Waals surface area contributed by atoms with E-state index in [1.807, 2.05) is 0 Å². The number of nitrogens with one attached hydrogen (secondary N) is 1. The van der Waals surface area contributed by atoms with Crippen LogP contribution in [0.2, 0.25) is 0 Å². The summed E-state index contributed by atoms with van der Waals surface area (Å²) in [5.41, 5.74) is 1.40. The molecule has 0 aliphatic rings. The molecule has 0 atom stereocenters. The summed E-state index contributed by atoms with van der Waals surface area (Å²) in [5, 5.41) is 18.5. The number of nitrogens with zero attached hydrogens (tertiary/aromatic N) is 3. The van der Waals surface area contributed by atoms with E-state index in [-0.39, 0.29) is 24.0 Å². The number of amides is 1. The van der Waals surface area contributed by atoms with Crippen LogP contribution in [-0.2, 0) is 17.8 Å². The van der Waals surface area contributed by atoms with Crippen molar-refractivity contribution in [3.8, 4) is 0 Å². The van der Waals surface area contributed by atoms with Gasteiger partial charge in [-0.3, -0.25) is 19.6 Å². The van der Waals surface area contributed by atoms with Gasteiger partial charge < -0.3 is 5.32 Å². The van der Waals surface area contributed by atoms with Crippen molar-refractivity contribution in [3.63, 3.8) is 0 Å². The average Bonchev–Trinajstić information content (AvgIpc) is 2.99. The van der Waals surface area contributed by atoms with Crippen molar-refractivity contribution in [1.82, 2.24) is 15.1 Å². The summed E-state index contributed by atoms with van der Waals surface area (Å²) < 4.78 is 14.3. The van der Waals surface area contributed by atoms with Gasteiger partial charge in [-0.25, -0.2) is 4.39 Å². The van der Waals surface area contributed by atoms with E-state index in [0.29, 0.717) is 18.5 Å². The van der Waals surface area contributed by atoms with Gasteiger partial charge >= 0.3 is 0 Å². The lowest BCUT2D eigenvalue weighted by Crippen LogP contribution is -2.29. The van der Waals surface area contributed by atoms with Crippen molar-refractivity contribution in [1.29, 1.82) is 0 Å². The molecule has 2 aromatic carbocycles. The summed E-state index contributed by atoms with van der Waals surface area (Å²) in [6.07, 6.45) is 2.14. The van der Waals surface area contributed by atoms with Crippen LogP contribution in [0.3, 0.4) is 0 Å². The number of non-ortho nitro benzene ring substituents is 1. The fourth-order valence-corrected chi connectivity index (χ4v) is 2.49. The molecule has 1 heterocycles. The minimum atomic E-state index is -0.487. The predicted octanol–water partition coefficient (Wildman–Crippen LogP) is 2.44. The molecule has 0 spiro atoms. The van der Waals surface area contributed by atoms with Crippen molar-refractivity contribution in [2.75, 3.05) is 6.54 Å². The third-order valence-electron chi connectivity index (χ3n) is 3.78. The summed E-state index contributed by atoms with van der Waals surface area (Å²) in [5.74, 6) is -0.550. The minimum absolute atomic E-state index is 0.0336. The second kappa shape index (κ2) is 7.08. The topological polar surface area (TPSA) is 90.1 Å². The number of halogens is 1. The second-order valence-electron chi connectivity index (χ2n) is 5.53. The Morgan fingerprint density at radius 1 is 1.24 bits per heavy atom. The number of carbonyl (C=O) groups excluding carboxylic acids is 1. The van der Waals surface area contributed by atoms with Gasteiger partial charge in [-0.05, 0) is 30.2 Å². The first kappa shape index (κ1) is 16.6. The number of hydrogen-bond acceptors (Lipinski definition) is 4. The molecular formula is C17H15FN4O3. The van der Waals surface area contributed by atoms with Crippen LogP contribution in [0.5, 0.6) is 0 Å². The number of nitro benzene ring substituents is 1. The lowest BCUT2D eigenvalue weighted by molar-refractivity contribution is -0.384. The highest BCUT2D eigenvalue weighted by atomic mass is 19.1. The Kier molecular flexibility index (Phi) is 4.69. The maximum absolute atomic E-state index is 12.8. The SMILES string of the molecule is O=C(Cn1ncc2ccc([N+](=O)[O-])cc21)NCCc1ccc(F)cc1. The van der Waals surface area contributed by atoms with Crippen LogP contribution in [-0.4, -0.2) is 27.2 Å². The third-order valence-corrected chi connectivity index (χ3v) is 3.78. The first-order valence-corrected chi connectivity index (χ1v) is 7.64. The quantitative estimate of drug-likeness (QED) is 0.550. The third kappa shape index (κ3) is 3.97. The zero-order chi connectivity index (χ0) is 17.8. The van der Waals surface area contributed by atoms with Crippen molar-refractivity contribution in [3.05, 3.63) is 70.2 Å². The molecule has 25 heavy (non-hydrogen) atoms.